The van der Waals surface area contributed by atoms with E-state index in [4.69, 9.17) is 9.26 Å². The van der Waals surface area contributed by atoms with Crippen molar-refractivity contribution in [2.24, 2.45) is 0 Å². The van der Waals surface area contributed by atoms with Gasteiger partial charge in [-0.25, -0.2) is 0 Å². The fraction of sp³-hybridized carbons (Fsp3) is 1.00. The maximum atomic E-state index is 5.01. The molecule has 0 amide bonds. The van der Waals surface area contributed by atoms with E-state index >= 15 is 0 Å². The summed E-state index contributed by atoms with van der Waals surface area (Å²) < 4.78 is 9.91. The van der Waals surface area contributed by atoms with Crippen LogP contribution in [0.4, 0.5) is 0 Å². The molecule has 0 N–H and O–H groups in total. The molecule has 1 aliphatic heterocycles. The Labute approximate surface area is 45.5 Å². The fourth-order valence-corrected chi connectivity index (χ4v) is 0.835. The molecular formula is C4H9O2P. The molecule has 1 fully saturated rings. The topological polar surface area (TPSA) is 18.5 Å². The highest BCUT2D eigenvalue weighted by Gasteiger charge is 2.13. The summed E-state index contributed by atoms with van der Waals surface area (Å²) in [5.41, 5.74) is 0. The molecule has 0 aromatic rings. The van der Waals surface area contributed by atoms with Crippen LogP contribution in [0.25, 0.3) is 0 Å². The quantitative estimate of drug-likeness (QED) is 0.471. The zero-order chi connectivity index (χ0) is 5.11. The summed E-state index contributed by atoms with van der Waals surface area (Å²) in [7, 11) is 2.24. The molecule has 1 heterocycles. The Hall–Kier alpha value is 0.350. The Balaban J connectivity index is 2.14. The van der Waals surface area contributed by atoms with Crippen molar-refractivity contribution in [1.29, 1.82) is 0 Å². The van der Waals surface area contributed by atoms with E-state index in [0.717, 1.165) is 19.6 Å². The highest BCUT2D eigenvalue weighted by molar-refractivity contribution is 7.09. The van der Waals surface area contributed by atoms with E-state index < -0.39 is 0 Å². The molecule has 2 unspecified atom stereocenters. The van der Waals surface area contributed by atoms with Crippen LogP contribution >= 0.6 is 9.47 Å². The third kappa shape index (κ3) is 1.37. The first-order chi connectivity index (χ1) is 3.43. The first-order valence-electron chi connectivity index (χ1n) is 2.37. The lowest BCUT2D eigenvalue weighted by molar-refractivity contribution is 0.154. The lowest BCUT2D eigenvalue weighted by atomic mass is 10.3. The van der Waals surface area contributed by atoms with Gasteiger partial charge in [-0.2, -0.15) is 0 Å². The molecule has 7 heavy (non-hydrogen) atoms. The fourth-order valence-electron chi connectivity index (χ4n) is 0.620. The SMILES string of the molecule is POC1CCOC1. The average Bonchev–Trinajstić information content (AvgIpc) is 2.14. The van der Waals surface area contributed by atoms with Gasteiger partial charge < -0.3 is 9.26 Å². The summed E-state index contributed by atoms with van der Waals surface area (Å²) >= 11 is 0. The molecular weight excluding hydrogens is 111 g/mol. The van der Waals surface area contributed by atoms with Gasteiger partial charge in [0.2, 0.25) is 0 Å². The average molecular weight is 120 g/mol. The largest absolute Gasteiger partial charge is 0.379 e. The van der Waals surface area contributed by atoms with Crippen molar-refractivity contribution >= 4 is 9.47 Å². The lowest BCUT2D eigenvalue weighted by Crippen LogP contribution is -2.04. The minimum atomic E-state index is 0.338. The van der Waals surface area contributed by atoms with Crippen molar-refractivity contribution in [3.8, 4) is 0 Å². The molecule has 1 rings (SSSR count). The van der Waals surface area contributed by atoms with Crippen LogP contribution in [0.3, 0.4) is 0 Å². The van der Waals surface area contributed by atoms with E-state index in [1.54, 1.807) is 0 Å². The van der Waals surface area contributed by atoms with Crippen molar-refractivity contribution in [3.63, 3.8) is 0 Å². The standard InChI is InChI=1S/C4H9O2P/c7-6-4-1-2-5-3-4/h4H,1-3,7H2. The molecule has 2 atom stereocenters. The summed E-state index contributed by atoms with van der Waals surface area (Å²) in [5.74, 6) is 0. The third-order valence-corrected chi connectivity index (χ3v) is 1.47. The molecule has 0 radical (unpaired) electrons. The molecule has 0 saturated carbocycles. The second-order valence-electron chi connectivity index (χ2n) is 1.62. The minimum absolute atomic E-state index is 0.338. The number of hydrogen-bond donors (Lipinski definition) is 0. The second kappa shape index (κ2) is 2.61. The first kappa shape index (κ1) is 5.49. The van der Waals surface area contributed by atoms with E-state index in [2.05, 4.69) is 9.47 Å². The smallest absolute Gasteiger partial charge is 0.0866 e. The van der Waals surface area contributed by atoms with Crippen LogP contribution in [0.5, 0.6) is 0 Å². The summed E-state index contributed by atoms with van der Waals surface area (Å²) in [6, 6.07) is 0. The van der Waals surface area contributed by atoms with Gasteiger partial charge >= 0.3 is 0 Å². The van der Waals surface area contributed by atoms with Gasteiger partial charge in [-0.15, -0.1) is 0 Å². The van der Waals surface area contributed by atoms with Crippen LogP contribution in [-0.4, -0.2) is 19.3 Å². The summed E-state index contributed by atoms with van der Waals surface area (Å²) in [6.45, 7) is 1.63. The summed E-state index contributed by atoms with van der Waals surface area (Å²) in [5, 5.41) is 0. The predicted octanol–water partition coefficient (Wildman–Crippen LogP) is 0.582. The van der Waals surface area contributed by atoms with E-state index in [1.807, 2.05) is 0 Å². The Morgan fingerprint density at radius 1 is 1.71 bits per heavy atom. The predicted molar refractivity (Wildman–Crippen MR) is 30.0 cm³/mol. The van der Waals surface area contributed by atoms with Gasteiger partial charge in [0.15, 0.2) is 0 Å². The van der Waals surface area contributed by atoms with Crippen molar-refractivity contribution in [2.45, 2.75) is 12.5 Å². The van der Waals surface area contributed by atoms with Crippen LogP contribution in [-0.2, 0) is 9.26 Å². The normalized spacial score (nSPS) is 31.3. The monoisotopic (exact) mass is 120 g/mol. The van der Waals surface area contributed by atoms with Gasteiger partial charge in [-0.05, 0) is 6.42 Å². The Bertz CT molecular complexity index is 51.7. The van der Waals surface area contributed by atoms with Gasteiger partial charge in [0.25, 0.3) is 0 Å². The van der Waals surface area contributed by atoms with Crippen LogP contribution in [0, 0.1) is 0 Å². The Morgan fingerprint density at radius 2 is 2.57 bits per heavy atom. The number of rotatable bonds is 1. The van der Waals surface area contributed by atoms with Crippen LogP contribution < -0.4 is 0 Å². The van der Waals surface area contributed by atoms with E-state index in [0.29, 0.717) is 6.10 Å². The van der Waals surface area contributed by atoms with Gasteiger partial charge in [0, 0.05) is 16.1 Å². The van der Waals surface area contributed by atoms with E-state index in [1.165, 1.54) is 0 Å². The van der Waals surface area contributed by atoms with Gasteiger partial charge in [-0.1, -0.05) is 0 Å². The molecule has 0 aromatic heterocycles. The van der Waals surface area contributed by atoms with Crippen molar-refractivity contribution < 1.29 is 9.26 Å². The van der Waals surface area contributed by atoms with Crippen molar-refractivity contribution in [2.75, 3.05) is 13.2 Å². The highest BCUT2D eigenvalue weighted by atomic mass is 31.0. The molecule has 0 bridgehead atoms. The van der Waals surface area contributed by atoms with Crippen molar-refractivity contribution in [3.05, 3.63) is 0 Å². The molecule has 42 valence electrons. The van der Waals surface area contributed by atoms with Crippen LogP contribution in [0.2, 0.25) is 0 Å². The van der Waals surface area contributed by atoms with Gasteiger partial charge in [0.1, 0.15) is 0 Å². The lowest BCUT2D eigenvalue weighted by Gasteiger charge is -1.99. The zero-order valence-corrected chi connectivity index (χ0v) is 5.25. The summed E-state index contributed by atoms with van der Waals surface area (Å²) in [6.07, 6.45) is 1.38. The summed E-state index contributed by atoms with van der Waals surface area (Å²) in [4.78, 5) is 0. The zero-order valence-electron chi connectivity index (χ0n) is 4.09. The molecule has 0 aromatic carbocycles. The van der Waals surface area contributed by atoms with Gasteiger partial charge in [0.05, 0.1) is 12.7 Å². The first-order valence-corrected chi connectivity index (χ1v) is 2.84. The van der Waals surface area contributed by atoms with Crippen LogP contribution in [0.15, 0.2) is 0 Å². The van der Waals surface area contributed by atoms with Crippen molar-refractivity contribution in [1.82, 2.24) is 0 Å². The number of hydrogen-bond acceptors (Lipinski definition) is 2. The molecule has 3 heteroatoms. The molecule has 0 spiro atoms. The maximum absolute atomic E-state index is 5.01. The van der Waals surface area contributed by atoms with E-state index in [-0.39, 0.29) is 0 Å². The maximum Gasteiger partial charge on any atom is 0.0866 e. The highest BCUT2D eigenvalue weighted by Crippen LogP contribution is 2.09. The minimum Gasteiger partial charge on any atom is -0.379 e. The third-order valence-electron chi connectivity index (χ3n) is 1.08. The molecule has 1 aliphatic rings. The molecule has 1 saturated heterocycles. The Kier molecular flexibility index (Phi) is 2.04. The Morgan fingerprint density at radius 3 is 2.86 bits per heavy atom. The molecule has 2 nitrogen and oxygen atoms in total. The number of ether oxygens (including phenoxy) is 1. The van der Waals surface area contributed by atoms with Crippen LogP contribution in [0.1, 0.15) is 6.42 Å². The second-order valence-corrected chi connectivity index (χ2v) is 1.89. The van der Waals surface area contributed by atoms with E-state index in [9.17, 15) is 0 Å². The molecule has 0 aliphatic carbocycles. The van der Waals surface area contributed by atoms with Gasteiger partial charge in [-0.3, -0.25) is 0 Å².